The summed E-state index contributed by atoms with van der Waals surface area (Å²) in [6.07, 6.45) is 0.176. The number of hydrogen-bond donors (Lipinski definition) is 0. The number of hydrogen-bond acceptors (Lipinski definition) is 3. The quantitative estimate of drug-likeness (QED) is 0.704. The minimum Gasteiger partial charge on any atom is -0.466 e. The van der Waals surface area contributed by atoms with Gasteiger partial charge in [0.2, 0.25) is 0 Å². The summed E-state index contributed by atoms with van der Waals surface area (Å²) in [5, 5.41) is 1.13. The molecular weight excluding hydrogens is 218 g/mol. The Labute approximate surface area is 98.7 Å². The maximum absolute atomic E-state index is 11.4. The Bertz CT molecular complexity index is 573. The number of aromatic nitrogens is 1. The average molecular weight is 231 g/mol. The topological polar surface area (TPSA) is 40.5 Å². The van der Waals surface area contributed by atoms with Crippen molar-refractivity contribution in [3.63, 3.8) is 0 Å². The van der Waals surface area contributed by atoms with Gasteiger partial charge < -0.3 is 14.0 Å². The van der Waals surface area contributed by atoms with Crippen LogP contribution in [0, 0.1) is 0 Å². The Morgan fingerprint density at radius 2 is 2.29 bits per heavy atom. The number of ether oxygens (including phenoxy) is 2. The lowest BCUT2D eigenvalue weighted by atomic mass is 10.2. The summed E-state index contributed by atoms with van der Waals surface area (Å²) in [5.41, 5.74) is 1.14. The first-order valence-electron chi connectivity index (χ1n) is 5.62. The molecule has 0 fully saturated rings. The third-order valence-electron chi connectivity index (χ3n) is 3.11. The van der Waals surface area contributed by atoms with E-state index in [0.29, 0.717) is 6.42 Å². The van der Waals surface area contributed by atoms with Crippen molar-refractivity contribution in [1.82, 2.24) is 4.57 Å². The fourth-order valence-electron chi connectivity index (χ4n) is 2.26. The van der Waals surface area contributed by atoms with Crippen LogP contribution in [0.3, 0.4) is 0 Å². The monoisotopic (exact) mass is 231 g/mol. The minimum atomic E-state index is -0.475. The Kier molecular flexibility index (Phi) is 2.28. The van der Waals surface area contributed by atoms with Crippen molar-refractivity contribution in [2.24, 2.45) is 0 Å². The maximum Gasteiger partial charge on any atom is 0.347 e. The number of fused-ring (bicyclic) bond motifs is 3. The molecule has 17 heavy (non-hydrogen) atoms. The third kappa shape index (κ3) is 1.56. The lowest BCUT2D eigenvalue weighted by Gasteiger charge is -2.23. The molecule has 0 bridgehead atoms. The predicted molar refractivity (Wildman–Crippen MR) is 63.0 cm³/mol. The van der Waals surface area contributed by atoms with Gasteiger partial charge >= 0.3 is 5.97 Å². The molecule has 0 saturated carbocycles. The lowest BCUT2D eigenvalue weighted by Crippen LogP contribution is -2.33. The standard InChI is InChI=1S/C13H13NO3/c1-16-13(15)11-6-7-14-10-5-3-2-4-9(10)8-12(14)17-11/h2-5,8,11H,6-7H2,1H3. The second-order valence-electron chi connectivity index (χ2n) is 4.11. The first-order valence-corrected chi connectivity index (χ1v) is 5.62. The molecule has 0 amide bonds. The number of methoxy groups -OCH3 is 1. The molecule has 1 atom stereocenters. The molecule has 0 N–H and O–H groups in total. The second-order valence-corrected chi connectivity index (χ2v) is 4.11. The normalized spacial score (nSPS) is 18.5. The van der Waals surface area contributed by atoms with Gasteiger partial charge in [-0.2, -0.15) is 0 Å². The van der Waals surface area contributed by atoms with Crippen molar-refractivity contribution in [3.8, 4) is 5.88 Å². The highest BCUT2D eigenvalue weighted by Crippen LogP contribution is 2.30. The smallest absolute Gasteiger partial charge is 0.347 e. The first kappa shape index (κ1) is 10.2. The molecule has 4 nitrogen and oxygen atoms in total. The first-order chi connectivity index (χ1) is 8.29. The van der Waals surface area contributed by atoms with Crippen molar-refractivity contribution < 1.29 is 14.3 Å². The van der Waals surface area contributed by atoms with E-state index in [-0.39, 0.29) is 5.97 Å². The zero-order valence-electron chi connectivity index (χ0n) is 9.55. The average Bonchev–Trinajstić information content (AvgIpc) is 2.75. The van der Waals surface area contributed by atoms with Gasteiger partial charge in [-0.15, -0.1) is 0 Å². The lowest BCUT2D eigenvalue weighted by molar-refractivity contribution is -0.150. The zero-order chi connectivity index (χ0) is 11.8. The maximum atomic E-state index is 11.4. The molecule has 0 spiro atoms. The SMILES string of the molecule is COC(=O)C1CCn2c(cc3ccccc32)O1. The number of para-hydroxylation sites is 1. The summed E-state index contributed by atoms with van der Waals surface area (Å²) in [6.45, 7) is 0.780. The van der Waals surface area contributed by atoms with Gasteiger partial charge in [0.25, 0.3) is 0 Å². The van der Waals surface area contributed by atoms with Gasteiger partial charge in [0.1, 0.15) is 0 Å². The third-order valence-corrected chi connectivity index (χ3v) is 3.11. The Morgan fingerprint density at radius 3 is 3.12 bits per heavy atom. The van der Waals surface area contributed by atoms with Crippen molar-refractivity contribution >= 4 is 16.9 Å². The molecule has 1 aliphatic rings. The van der Waals surface area contributed by atoms with Crippen LogP contribution in [0.2, 0.25) is 0 Å². The van der Waals surface area contributed by atoms with E-state index in [9.17, 15) is 4.79 Å². The number of carbonyl (C=O) groups is 1. The van der Waals surface area contributed by atoms with Crippen LogP contribution >= 0.6 is 0 Å². The fraction of sp³-hybridized carbons (Fsp3) is 0.308. The number of carbonyl (C=O) groups excluding carboxylic acids is 1. The molecule has 0 aliphatic carbocycles. The van der Waals surface area contributed by atoms with Crippen molar-refractivity contribution in [2.45, 2.75) is 19.1 Å². The second kappa shape index (κ2) is 3.80. The summed E-state index contributed by atoms with van der Waals surface area (Å²) in [7, 11) is 1.38. The van der Waals surface area contributed by atoms with Gasteiger partial charge in [0.05, 0.1) is 12.6 Å². The van der Waals surface area contributed by atoms with E-state index in [0.717, 1.165) is 23.3 Å². The summed E-state index contributed by atoms with van der Waals surface area (Å²) >= 11 is 0. The van der Waals surface area contributed by atoms with E-state index in [1.54, 1.807) is 0 Å². The molecule has 0 radical (unpaired) electrons. The van der Waals surface area contributed by atoms with Gasteiger partial charge in [-0.3, -0.25) is 0 Å². The summed E-state index contributed by atoms with van der Waals surface area (Å²) in [4.78, 5) is 11.4. The fourth-order valence-corrected chi connectivity index (χ4v) is 2.26. The Hall–Kier alpha value is -1.97. The van der Waals surface area contributed by atoms with Crippen LogP contribution < -0.4 is 4.74 Å². The van der Waals surface area contributed by atoms with E-state index in [1.807, 2.05) is 24.3 Å². The van der Waals surface area contributed by atoms with Crippen molar-refractivity contribution in [1.29, 1.82) is 0 Å². The minimum absolute atomic E-state index is 0.304. The molecule has 1 aromatic carbocycles. The number of benzene rings is 1. The predicted octanol–water partition coefficient (Wildman–Crippen LogP) is 1.97. The van der Waals surface area contributed by atoms with E-state index in [2.05, 4.69) is 10.6 Å². The molecule has 2 heterocycles. The van der Waals surface area contributed by atoms with Gasteiger partial charge in [-0.05, 0) is 6.07 Å². The van der Waals surface area contributed by atoms with Crippen LogP contribution in [0.4, 0.5) is 0 Å². The molecule has 1 unspecified atom stereocenters. The Morgan fingerprint density at radius 1 is 1.47 bits per heavy atom. The highest BCUT2D eigenvalue weighted by atomic mass is 16.6. The van der Waals surface area contributed by atoms with Gasteiger partial charge in [-0.25, -0.2) is 4.79 Å². The summed E-state index contributed by atoms with van der Waals surface area (Å²) in [5.74, 6) is 0.439. The molecular formula is C13H13NO3. The van der Waals surface area contributed by atoms with Crippen LogP contribution in [0.5, 0.6) is 5.88 Å². The van der Waals surface area contributed by atoms with Gasteiger partial charge in [-0.1, -0.05) is 18.2 Å². The molecule has 1 aliphatic heterocycles. The van der Waals surface area contributed by atoms with Crippen LogP contribution in [-0.2, 0) is 16.1 Å². The number of rotatable bonds is 1. The number of esters is 1. The van der Waals surface area contributed by atoms with Crippen LogP contribution in [0.1, 0.15) is 6.42 Å². The van der Waals surface area contributed by atoms with E-state index in [1.165, 1.54) is 7.11 Å². The molecule has 3 rings (SSSR count). The number of aryl methyl sites for hydroxylation is 1. The molecule has 88 valence electrons. The number of nitrogens with zero attached hydrogens (tertiary/aromatic N) is 1. The Balaban J connectivity index is 2.00. The van der Waals surface area contributed by atoms with E-state index < -0.39 is 6.10 Å². The van der Waals surface area contributed by atoms with Crippen molar-refractivity contribution in [3.05, 3.63) is 30.3 Å². The highest BCUT2D eigenvalue weighted by Gasteiger charge is 2.27. The molecule has 1 aromatic heterocycles. The van der Waals surface area contributed by atoms with Crippen LogP contribution in [0.25, 0.3) is 10.9 Å². The van der Waals surface area contributed by atoms with Crippen molar-refractivity contribution in [2.75, 3.05) is 7.11 Å². The zero-order valence-corrected chi connectivity index (χ0v) is 9.55. The summed E-state index contributed by atoms with van der Waals surface area (Å²) < 4.78 is 12.5. The largest absolute Gasteiger partial charge is 0.466 e. The summed E-state index contributed by atoms with van der Waals surface area (Å²) in [6, 6.07) is 10.1. The molecule has 4 heteroatoms. The van der Waals surface area contributed by atoms with Gasteiger partial charge in [0.15, 0.2) is 12.0 Å². The molecule has 2 aromatic rings. The van der Waals surface area contributed by atoms with Crippen LogP contribution in [0.15, 0.2) is 30.3 Å². The van der Waals surface area contributed by atoms with Gasteiger partial charge in [0, 0.05) is 24.4 Å². The highest BCUT2D eigenvalue weighted by molar-refractivity contribution is 5.83. The van der Waals surface area contributed by atoms with Crippen LogP contribution in [-0.4, -0.2) is 23.8 Å². The van der Waals surface area contributed by atoms with E-state index in [4.69, 9.17) is 9.47 Å². The van der Waals surface area contributed by atoms with E-state index >= 15 is 0 Å². The molecule has 0 saturated heterocycles.